The molecule has 2 N–H and O–H groups in total. The summed E-state index contributed by atoms with van der Waals surface area (Å²) in [4.78, 5) is 10.2. The summed E-state index contributed by atoms with van der Waals surface area (Å²) >= 11 is 0. The third-order valence-corrected chi connectivity index (χ3v) is 3.11. The number of H-pyrrole nitrogens is 1. The van der Waals surface area contributed by atoms with Crippen LogP contribution in [0.15, 0.2) is 48.5 Å². The normalized spacial score (nSPS) is 10.4. The van der Waals surface area contributed by atoms with Crippen molar-refractivity contribution in [3.8, 4) is 11.4 Å². The van der Waals surface area contributed by atoms with E-state index < -0.39 is 4.92 Å². The average molecular weight is 296 g/mol. The largest absolute Gasteiger partial charge is 0.381 e. The quantitative estimate of drug-likeness (QED) is 0.552. The van der Waals surface area contributed by atoms with Gasteiger partial charge in [0, 0.05) is 29.9 Å². The predicted octanol–water partition coefficient (Wildman–Crippen LogP) is 2.39. The van der Waals surface area contributed by atoms with E-state index >= 15 is 0 Å². The molecule has 0 aliphatic rings. The van der Waals surface area contributed by atoms with Gasteiger partial charge in [0.2, 0.25) is 5.82 Å². The first-order valence-electron chi connectivity index (χ1n) is 6.53. The van der Waals surface area contributed by atoms with Crippen molar-refractivity contribution in [2.75, 3.05) is 5.32 Å². The molecule has 0 fully saturated rings. The summed E-state index contributed by atoms with van der Waals surface area (Å²) in [6.45, 7) is 0.563. The zero-order valence-corrected chi connectivity index (χ0v) is 11.4. The number of nitrogens with one attached hydrogen (secondary N) is 2. The molecular weight excluding hydrogens is 284 g/mol. The second kappa shape index (κ2) is 6.00. The average Bonchev–Trinajstić information content (AvgIpc) is 3.08. The van der Waals surface area contributed by atoms with E-state index in [1.165, 1.54) is 12.1 Å². The molecule has 1 heterocycles. The molecular formula is C14H12N6O2. The lowest BCUT2D eigenvalue weighted by molar-refractivity contribution is -0.384. The van der Waals surface area contributed by atoms with Crippen molar-refractivity contribution in [1.82, 2.24) is 20.6 Å². The number of non-ortho nitro benzene ring substituents is 1. The summed E-state index contributed by atoms with van der Waals surface area (Å²) < 4.78 is 0. The molecule has 0 aliphatic heterocycles. The zero-order valence-electron chi connectivity index (χ0n) is 11.4. The second-order valence-corrected chi connectivity index (χ2v) is 4.59. The van der Waals surface area contributed by atoms with Crippen LogP contribution in [0, 0.1) is 10.1 Å². The van der Waals surface area contributed by atoms with E-state index in [2.05, 4.69) is 25.9 Å². The first-order valence-corrected chi connectivity index (χ1v) is 6.53. The molecule has 0 radical (unpaired) electrons. The van der Waals surface area contributed by atoms with Crippen molar-refractivity contribution in [1.29, 1.82) is 0 Å². The number of hydrogen-bond donors (Lipinski definition) is 2. The van der Waals surface area contributed by atoms with Gasteiger partial charge in [-0.2, -0.15) is 5.21 Å². The summed E-state index contributed by atoms with van der Waals surface area (Å²) in [7, 11) is 0. The molecule has 0 spiro atoms. The molecule has 0 amide bonds. The topological polar surface area (TPSA) is 110 Å². The number of nitro benzene ring substituents is 1. The number of aromatic amines is 1. The van der Waals surface area contributed by atoms with Crippen LogP contribution < -0.4 is 5.32 Å². The number of rotatable bonds is 5. The fraction of sp³-hybridized carbons (Fsp3) is 0.0714. The maximum absolute atomic E-state index is 10.6. The number of tetrazole rings is 1. The van der Waals surface area contributed by atoms with Gasteiger partial charge in [0.25, 0.3) is 5.69 Å². The van der Waals surface area contributed by atoms with E-state index in [9.17, 15) is 10.1 Å². The highest BCUT2D eigenvalue weighted by molar-refractivity contribution is 5.61. The van der Waals surface area contributed by atoms with Gasteiger partial charge in [-0.3, -0.25) is 10.1 Å². The second-order valence-electron chi connectivity index (χ2n) is 4.59. The highest BCUT2D eigenvalue weighted by Crippen LogP contribution is 2.19. The van der Waals surface area contributed by atoms with Crippen molar-refractivity contribution in [2.45, 2.75) is 6.54 Å². The minimum Gasteiger partial charge on any atom is -0.381 e. The molecule has 3 rings (SSSR count). The van der Waals surface area contributed by atoms with E-state index in [-0.39, 0.29) is 5.69 Å². The maximum atomic E-state index is 10.6. The molecule has 3 aromatic rings. The molecule has 110 valence electrons. The fourth-order valence-corrected chi connectivity index (χ4v) is 1.99. The van der Waals surface area contributed by atoms with Crippen LogP contribution in [0.25, 0.3) is 11.4 Å². The van der Waals surface area contributed by atoms with Crippen LogP contribution in [0.5, 0.6) is 0 Å². The molecule has 0 atom stereocenters. The third-order valence-electron chi connectivity index (χ3n) is 3.11. The van der Waals surface area contributed by atoms with Gasteiger partial charge in [-0.25, -0.2) is 0 Å². The lowest BCUT2D eigenvalue weighted by Gasteiger charge is -2.07. The molecule has 0 unspecified atom stereocenters. The molecule has 0 saturated carbocycles. The Balaban J connectivity index is 1.69. The molecule has 22 heavy (non-hydrogen) atoms. The van der Waals surface area contributed by atoms with Crippen molar-refractivity contribution in [2.24, 2.45) is 0 Å². The van der Waals surface area contributed by atoms with Gasteiger partial charge in [0.05, 0.1) is 4.92 Å². The number of nitrogens with zero attached hydrogens (tertiary/aromatic N) is 4. The molecule has 8 nitrogen and oxygen atoms in total. The summed E-state index contributed by atoms with van der Waals surface area (Å²) in [6, 6.07) is 14.1. The van der Waals surface area contributed by atoms with Crippen LogP contribution in [0.3, 0.4) is 0 Å². The molecule has 0 aliphatic carbocycles. The number of anilines is 1. The van der Waals surface area contributed by atoms with E-state index in [0.29, 0.717) is 12.4 Å². The summed E-state index contributed by atoms with van der Waals surface area (Å²) in [5.41, 5.74) is 2.79. The van der Waals surface area contributed by atoms with E-state index in [1.807, 2.05) is 24.3 Å². The minimum absolute atomic E-state index is 0.0860. The number of aromatic nitrogens is 4. The number of nitro groups is 1. The van der Waals surface area contributed by atoms with Crippen molar-refractivity contribution >= 4 is 11.4 Å². The van der Waals surface area contributed by atoms with Crippen LogP contribution in [0.2, 0.25) is 0 Å². The molecule has 1 aromatic heterocycles. The van der Waals surface area contributed by atoms with Gasteiger partial charge in [-0.05, 0) is 22.9 Å². The van der Waals surface area contributed by atoms with Crippen molar-refractivity contribution in [3.05, 3.63) is 64.2 Å². The van der Waals surface area contributed by atoms with E-state index in [0.717, 1.165) is 16.8 Å². The highest BCUT2D eigenvalue weighted by Gasteiger charge is 2.05. The van der Waals surface area contributed by atoms with Crippen LogP contribution in [0.4, 0.5) is 11.4 Å². The first kappa shape index (κ1) is 13.7. The number of hydrogen-bond acceptors (Lipinski definition) is 6. The predicted molar refractivity (Wildman–Crippen MR) is 80.0 cm³/mol. The van der Waals surface area contributed by atoms with Gasteiger partial charge >= 0.3 is 0 Å². The fourth-order valence-electron chi connectivity index (χ4n) is 1.99. The molecule has 0 saturated heterocycles. The van der Waals surface area contributed by atoms with Gasteiger partial charge in [0.15, 0.2) is 0 Å². The third kappa shape index (κ3) is 3.06. The van der Waals surface area contributed by atoms with Crippen LogP contribution in [-0.4, -0.2) is 25.5 Å². The summed E-state index contributed by atoms with van der Waals surface area (Å²) in [6.07, 6.45) is 0. The lowest BCUT2D eigenvalue weighted by atomic mass is 10.1. The van der Waals surface area contributed by atoms with E-state index in [1.54, 1.807) is 12.1 Å². The Morgan fingerprint density at radius 2 is 2.00 bits per heavy atom. The van der Waals surface area contributed by atoms with Crippen molar-refractivity contribution in [3.63, 3.8) is 0 Å². The first-order chi connectivity index (χ1) is 10.7. The van der Waals surface area contributed by atoms with Crippen LogP contribution in [-0.2, 0) is 6.54 Å². The minimum atomic E-state index is -0.411. The highest BCUT2D eigenvalue weighted by atomic mass is 16.6. The molecule has 0 bridgehead atoms. The van der Waals surface area contributed by atoms with Gasteiger partial charge < -0.3 is 5.32 Å². The van der Waals surface area contributed by atoms with Crippen molar-refractivity contribution < 1.29 is 4.92 Å². The molecule has 2 aromatic carbocycles. The Kier molecular flexibility index (Phi) is 3.73. The van der Waals surface area contributed by atoms with E-state index in [4.69, 9.17) is 0 Å². The standard InChI is InChI=1S/C14H12N6O2/c21-20(22)13-6-4-10(5-7-13)9-15-12-3-1-2-11(8-12)14-16-18-19-17-14/h1-8,15H,9H2,(H,16,17,18,19). The number of benzene rings is 2. The Labute approximate surface area is 125 Å². The van der Waals surface area contributed by atoms with Crippen LogP contribution in [0.1, 0.15) is 5.56 Å². The Morgan fingerprint density at radius 1 is 1.18 bits per heavy atom. The SMILES string of the molecule is O=[N+]([O-])c1ccc(CNc2cccc(-c3nn[nH]n3)c2)cc1. The Hall–Kier alpha value is -3.29. The summed E-state index contributed by atoms with van der Waals surface area (Å²) in [5, 5.41) is 27.7. The van der Waals surface area contributed by atoms with Gasteiger partial charge in [-0.15, -0.1) is 10.2 Å². The molecule has 8 heteroatoms. The monoisotopic (exact) mass is 296 g/mol. The maximum Gasteiger partial charge on any atom is 0.269 e. The van der Waals surface area contributed by atoms with Gasteiger partial charge in [-0.1, -0.05) is 24.3 Å². The zero-order chi connectivity index (χ0) is 15.4. The van der Waals surface area contributed by atoms with Crippen LogP contribution >= 0.6 is 0 Å². The lowest BCUT2D eigenvalue weighted by Crippen LogP contribution is -1.99. The Morgan fingerprint density at radius 3 is 2.68 bits per heavy atom. The van der Waals surface area contributed by atoms with Gasteiger partial charge in [0.1, 0.15) is 0 Å². The summed E-state index contributed by atoms with van der Waals surface area (Å²) in [5.74, 6) is 0.527. The Bertz CT molecular complexity index is 770. The smallest absolute Gasteiger partial charge is 0.269 e.